The molecule has 0 saturated carbocycles. The Labute approximate surface area is 141 Å². The maximum atomic E-state index is 12.5. The highest BCUT2D eigenvalue weighted by Gasteiger charge is 2.25. The zero-order valence-electron chi connectivity index (χ0n) is 13.2. The van der Waals surface area contributed by atoms with Gasteiger partial charge in [-0.3, -0.25) is 10.4 Å². The van der Waals surface area contributed by atoms with E-state index >= 15 is 0 Å². The van der Waals surface area contributed by atoms with E-state index in [2.05, 4.69) is 20.5 Å². The number of sulfonamides is 1. The van der Waals surface area contributed by atoms with Gasteiger partial charge in [-0.2, -0.15) is 9.41 Å². The Bertz CT molecular complexity index is 785. The maximum absolute atomic E-state index is 12.5. The summed E-state index contributed by atoms with van der Waals surface area (Å²) < 4.78 is 26.6. The highest BCUT2D eigenvalue weighted by Crippen LogP contribution is 2.20. The zero-order valence-corrected chi connectivity index (χ0v) is 14.0. The van der Waals surface area contributed by atoms with Crippen LogP contribution < -0.4 is 5.43 Å². The maximum Gasteiger partial charge on any atom is 0.244 e. The molecule has 0 atom stereocenters. The van der Waals surface area contributed by atoms with E-state index in [1.165, 1.54) is 10.5 Å². The van der Waals surface area contributed by atoms with Gasteiger partial charge in [-0.15, -0.1) is 0 Å². The van der Waals surface area contributed by atoms with Gasteiger partial charge in [-0.05, 0) is 31.0 Å². The molecule has 0 aromatic carbocycles. The highest BCUT2D eigenvalue weighted by atomic mass is 32.2. The summed E-state index contributed by atoms with van der Waals surface area (Å²) in [6.07, 6.45) is 9.27. The number of nitrogens with one attached hydrogen (secondary N) is 1. The normalized spacial score (nSPS) is 16.3. The number of hydrazone groups is 1. The second-order valence-electron chi connectivity index (χ2n) is 5.50. The molecule has 0 radical (unpaired) electrons. The molecule has 0 spiro atoms. The lowest BCUT2D eigenvalue weighted by Gasteiger charge is -2.25. The predicted octanol–water partition coefficient (Wildman–Crippen LogP) is 2.10. The first-order chi connectivity index (χ1) is 11.7. The first-order valence-electron chi connectivity index (χ1n) is 7.81. The first kappa shape index (κ1) is 16.5. The number of rotatable bonds is 5. The molecule has 2 aromatic rings. The molecule has 0 amide bonds. The van der Waals surface area contributed by atoms with E-state index in [1.807, 2.05) is 12.1 Å². The lowest BCUT2D eigenvalue weighted by molar-refractivity contribution is 0.346. The summed E-state index contributed by atoms with van der Waals surface area (Å²) in [6.45, 7) is 1.16. The van der Waals surface area contributed by atoms with Crippen LogP contribution in [-0.4, -0.2) is 42.0 Å². The van der Waals surface area contributed by atoms with E-state index in [-0.39, 0.29) is 4.90 Å². The van der Waals surface area contributed by atoms with E-state index in [1.54, 1.807) is 30.7 Å². The highest BCUT2D eigenvalue weighted by molar-refractivity contribution is 7.89. The van der Waals surface area contributed by atoms with Crippen molar-refractivity contribution in [1.82, 2.24) is 14.3 Å². The summed E-state index contributed by atoms with van der Waals surface area (Å²) in [5.41, 5.74) is 3.63. The summed E-state index contributed by atoms with van der Waals surface area (Å²) >= 11 is 0. The van der Waals surface area contributed by atoms with Gasteiger partial charge in [0.05, 0.1) is 6.21 Å². The third-order valence-corrected chi connectivity index (χ3v) is 5.65. The Morgan fingerprint density at radius 1 is 1.12 bits per heavy atom. The molecule has 0 bridgehead atoms. The average Bonchev–Trinajstić information content (AvgIpc) is 2.64. The van der Waals surface area contributed by atoms with Gasteiger partial charge in [-0.1, -0.05) is 12.5 Å². The van der Waals surface area contributed by atoms with Crippen molar-refractivity contribution in [1.29, 1.82) is 0 Å². The molecule has 1 saturated heterocycles. The first-order valence-corrected chi connectivity index (χ1v) is 9.25. The van der Waals surface area contributed by atoms with E-state index in [9.17, 15) is 8.42 Å². The van der Waals surface area contributed by atoms with Gasteiger partial charge in [0, 0.05) is 37.2 Å². The third-order valence-electron chi connectivity index (χ3n) is 3.77. The smallest absolute Gasteiger partial charge is 0.244 e. The van der Waals surface area contributed by atoms with Crippen LogP contribution in [0, 0.1) is 0 Å². The summed E-state index contributed by atoms with van der Waals surface area (Å²) in [4.78, 5) is 8.33. The molecule has 1 aliphatic rings. The molecule has 126 valence electrons. The standard InChI is InChI=1S/C16H19N5O2S/c22-24(23,21-9-2-1-3-10-21)15-6-7-16(18-13-15)20-19-12-14-5-4-8-17-11-14/h4-8,11-13H,1-3,9-10H2,(H,18,20)/b19-12+. The quantitative estimate of drug-likeness (QED) is 0.662. The second kappa shape index (κ2) is 7.50. The molecule has 7 nitrogen and oxygen atoms in total. The van der Waals surface area contributed by atoms with E-state index < -0.39 is 10.0 Å². The Morgan fingerprint density at radius 2 is 1.96 bits per heavy atom. The van der Waals surface area contributed by atoms with Crippen LogP contribution in [0.3, 0.4) is 0 Å². The lowest BCUT2D eigenvalue weighted by atomic mass is 10.2. The van der Waals surface area contributed by atoms with Crippen LogP contribution in [0.1, 0.15) is 24.8 Å². The fourth-order valence-electron chi connectivity index (χ4n) is 2.48. The van der Waals surface area contributed by atoms with Gasteiger partial charge in [0.15, 0.2) is 0 Å². The minimum atomic E-state index is -3.45. The molecule has 1 fully saturated rings. The van der Waals surface area contributed by atoms with Crippen molar-refractivity contribution in [2.45, 2.75) is 24.2 Å². The Hall–Kier alpha value is -2.32. The van der Waals surface area contributed by atoms with Crippen molar-refractivity contribution in [3.05, 3.63) is 48.4 Å². The third kappa shape index (κ3) is 3.95. The van der Waals surface area contributed by atoms with Crippen molar-refractivity contribution in [3.63, 3.8) is 0 Å². The molecule has 2 aromatic heterocycles. The summed E-state index contributed by atoms with van der Waals surface area (Å²) in [6, 6.07) is 6.86. The Balaban J connectivity index is 1.66. The molecule has 8 heteroatoms. The molecule has 0 aliphatic carbocycles. The monoisotopic (exact) mass is 345 g/mol. The van der Waals surface area contributed by atoms with Crippen molar-refractivity contribution >= 4 is 22.1 Å². The van der Waals surface area contributed by atoms with Crippen molar-refractivity contribution < 1.29 is 8.42 Å². The molecule has 3 rings (SSSR count). The van der Waals surface area contributed by atoms with Gasteiger partial charge >= 0.3 is 0 Å². The zero-order chi connectivity index (χ0) is 16.8. The van der Waals surface area contributed by atoms with Crippen molar-refractivity contribution in [2.75, 3.05) is 18.5 Å². The number of hydrogen-bond acceptors (Lipinski definition) is 6. The van der Waals surface area contributed by atoms with Crippen LogP contribution in [0.2, 0.25) is 0 Å². The van der Waals surface area contributed by atoms with Crippen molar-refractivity contribution in [3.8, 4) is 0 Å². The number of aromatic nitrogens is 2. The summed E-state index contributed by atoms with van der Waals surface area (Å²) in [5, 5.41) is 4.06. The number of hydrogen-bond donors (Lipinski definition) is 1. The predicted molar refractivity (Wildman–Crippen MR) is 92.3 cm³/mol. The molecular weight excluding hydrogens is 326 g/mol. The largest absolute Gasteiger partial charge is 0.264 e. The molecule has 0 unspecified atom stereocenters. The van der Waals surface area contributed by atoms with Gasteiger partial charge in [0.2, 0.25) is 10.0 Å². The van der Waals surface area contributed by atoms with E-state index in [4.69, 9.17) is 0 Å². The number of piperidine rings is 1. The lowest BCUT2D eigenvalue weighted by Crippen LogP contribution is -2.35. The van der Waals surface area contributed by atoms with Crippen LogP contribution in [0.5, 0.6) is 0 Å². The molecular formula is C16H19N5O2S. The van der Waals surface area contributed by atoms with Crippen LogP contribution in [-0.2, 0) is 10.0 Å². The van der Waals surface area contributed by atoms with Crippen LogP contribution >= 0.6 is 0 Å². The Kier molecular flexibility index (Phi) is 5.17. The van der Waals surface area contributed by atoms with Gasteiger partial charge in [0.25, 0.3) is 0 Å². The molecule has 1 aliphatic heterocycles. The van der Waals surface area contributed by atoms with E-state index in [0.717, 1.165) is 24.8 Å². The summed E-state index contributed by atoms with van der Waals surface area (Å²) in [7, 11) is -3.45. The van der Waals surface area contributed by atoms with Crippen LogP contribution in [0.4, 0.5) is 5.82 Å². The minimum Gasteiger partial charge on any atom is -0.264 e. The number of anilines is 1. The SMILES string of the molecule is O=S(=O)(c1ccc(N/N=C/c2cccnc2)nc1)N1CCCCC1. The van der Waals surface area contributed by atoms with Gasteiger partial charge in [-0.25, -0.2) is 13.4 Å². The van der Waals surface area contributed by atoms with E-state index in [0.29, 0.717) is 18.9 Å². The second-order valence-corrected chi connectivity index (χ2v) is 7.44. The van der Waals surface area contributed by atoms with Gasteiger partial charge < -0.3 is 0 Å². The summed E-state index contributed by atoms with van der Waals surface area (Å²) in [5.74, 6) is 0.479. The van der Waals surface area contributed by atoms with Crippen molar-refractivity contribution in [2.24, 2.45) is 5.10 Å². The minimum absolute atomic E-state index is 0.214. The average molecular weight is 345 g/mol. The van der Waals surface area contributed by atoms with Crippen LogP contribution in [0.15, 0.2) is 52.9 Å². The van der Waals surface area contributed by atoms with Crippen LogP contribution in [0.25, 0.3) is 0 Å². The number of nitrogens with zero attached hydrogens (tertiary/aromatic N) is 4. The topological polar surface area (TPSA) is 87.5 Å². The molecule has 1 N–H and O–H groups in total. The fraction of sp³-hybridized carbons (Fsp3) is 0.312. The molecule has 24 heavy (non-hydrogen) atoms. The fourth-order valence-corrected chi connectivity index (χ4v) is 3.94. The van der Waals surface area contributed by atoms with Gasteiger partial charge in [0.1, 0.15) is 10.7 Å². The number of pyridine rings is 2. The Morgan fingerprint density at radius 3 is 2.62 bits per heavy atom. The molecule has 3 heterocycles.